The molecule has 1 aromatic heterocycles. The van der Waals surface area contributed by atoms with E-state index >= 15 is 0 Å². The van der Waals surface area contributed by atoms with Crippen molar-refractivity contribution < 1.29 is 4.39 Å². The average molecular weight is 423 g/mol. The fourth-order valence-corrected chi connectivity index (χ4v) is 3.14. The topological polar surface area (TPSA) is 25.8 Å². The molecule has 0 saturated carbocycles. The molecule has 0 amide bonds. The number of rotatable bonds is 1. The molecule has 20 heavy (non-hydrogen) atoms. The molecule has 0 atom stereocenters. The summed E-state index contributed by atoms with van der Waals surface area (Å²) in [6.45, 7) is 6.09. The third-order valence-corrected chi connectivity index (χ3v) is 4.35. The van der Waals surface area contributed by atoms with E-state index in [-0.39, 0.29) is 11.2 Å². The van der Waals surface area contributed by atoms with E-state index in [1.165, 1.54) is 12.1 Å². The molecular formula is C14H12Br2ClFN2. The van der Waals surface area contributed by atoms with Gasteiger partial charge in [0.25, 0.3) is 0 Å². The molecule has 0 aliphatic carbocycles. The van der Waals surface area contributed by atoms with Crippen molar-refractivity contribution in [2.75, 3.05) is 0 Å². The largest absolute Gasteiger partial charge is 0.231 e. The first-order valence-electron chi connectivity index (χ1n) is 5.88. The quantitative estimate of drug-likeness (QED) is 0.546. The highest BCUT2D eigenvalue weighted by atomic mass is 79.9. The van der Waals surface area contributed by atoms with Gasteiger partial charge in [0.2, 0.25) is 0 Å². The van der Waals surface area contributed by atoms with Crippen LogP contribution in [0.15, 0.2) is 27.1 Å². The van der Waals surface area contributed by atoms with Gasteiger partial charge in [-0.05, 0) is 34.1 Å². The van der Waals surface area contributed by atoms with E-state index in [1.54, 1.807) is 6.07 Å². The normalized spacial score (nSPS) is 11.8. The highest BCUT2D eigenvalue weighted by Crippen LogP contribution is 2.34. The van der Waals surface area contributed by atoms with Gasteiger partial charge in [0.05, 0.1) is 10.2 Å². The molecule has 2 rings (SSSR count). The van der Waals surface area contributed by atoms with E-state index in [0.29, 0.717) is 25.5 Å². The Balaban J connectivity index is 2.67. The second kappa shape index (κ2) is 5.70. The first-order valence-corrected chi connectivity index (χ1v) is 7.85. The van der Waals surface area contributed by atoms with Crippen LogP contribution < -0.4 is 0 Å². The van der Waals surface area contributed by atoms with Crippen molar-refractivity contribution in [3.05, 3.63) is 43.8 Å². The summed E-state index contributed by atoms with van der Waals surface area (Å²) in [5.41, 5.74) is 1.16. The molecule has 0 unspecified atom stereocenters. The minimum Gasteiger partial charge on any atom is -0.231 e. The lowest BCUT2D eigenvalue weighted by Gasteiger charge is -2.20. The molecule has 106 valence electrons. The van der Waals surface area contributed by atoms with Gasteiger partial charge in [-0.15, -0.1) is 0 Å². The van der Waals surface area contributed by atoms with E-state index in [0.717, 1.165) is 5.69 Å². The predicted molar refractivity (Wildman–Crippen MR) is 86.5 cm³/mol. The monoisotopic (exact) mass is 420 g/mol. The zero-order valence-corrected chi connectivity index (χ0v) is 15.1. The van der Waals surface area contributed by atoms with Crippen molar-refractivity contribution in [2.45, 2.75) is 26.2 Å². The lowest BCUT2D eigenvalue weighted by atomic mass is 9.92. The van der Waals surface area contributed by atoms with E-state index < -0.39 is 0 Å². The zero-order valence-electron chi connectivity index (χ0n) is 11.1. The Labute approximate surface area is 139 Å². The molecule has 0 aliphatic rings. The van der Waals surface area contributed by atoms with Crippen LogP contribution in [-0.4, -0.2) is 9.97 Å². The second-order valence-corrected chi connectivity index (χ2v) is 7.48. The standard InChI is InChI=1S/C14H12Br2ClFN2/c1-14(2,3)11-10(16)12(17)20-13(19-11)7-4-8(15)6-9(18)5-7/h4-6H,1-3H3. The van der Waals surface area contributed by atoms with Gasteiger partial charge in [-0.2, -0.15) is 0 Å². The lowest BCUT2D eigenvalue weighted by Crippen LogP contribution is -2.16. The van der Waals surface area contributed by atoms with Gasteiger partial charge in [-0.25, -0.2) is 14.4 Å². The average Bonchev–Trinajstić information content (AvgIpc) is 2.29. The maximum absolute atomic E-state index is 13.5. The minimum atomic E-state index is -0.352. The molecule has 1 heterocycles. The molecule has 0 radical (unpaired) electrons. The van der Waals surface area contributed by atoms with Crippen LogP contribution in [-0.2, 0) is 5.41 Å². The van der Waals surface area contributed by atoms with Crippen molar-refractivity contribution in [1.82, 2.24) is 9.97 Å². The van der Waals surface area contributed by atoms with Crippen LogP contribution in [0, 0.1) is 5.82 Å². The van der Waals surface area contributed by atoms with Crippen molar-refractivity contribution in [2.24, 2.45) is 0 Å². The molecule has 2 aromatic rings. The molecule has 2 nitrogen and oxygen atoms in total. The van der Waals surface area contributed by atoms with Crippen molar-refractivity contribution in [3.8, 4) is 11.4 Å². The summed E-state index contributed by atoms with van der Waals surface area (Å²) < 4.78 is 14.8. The Morgan fingerprint density at radius 1 is 1.10 bits per heavy atom. The van der Waals surface area contributed by atoms with Crippen LogP contribution >= 0.6 is 43.5 Å². The Kier molecular flexibility index (Phi) is 4.52. The summed E-state index contributed by atoms with van der Waals surface area (Å²) in [5.74, 6) is 0.0534. The zero-order chi connectivity index (χ0) is 15.1. The third kappa shape index (κ3) is 3.38. The highest BCUT2D eigenvalue weighted by Gasteiger charge is 2.23. The molecule has 0 saturated heterocycles. The van der Waals surface area contributed by atoms with Gasteiger partial charge in [-0.1, -0.05) is 48.3 Å². The molecular weight excluding hydrogens is 410 g/mol. The Morgan fingerprint density at radius 2 is 1.75 bits per heavy atom. The number of hydrogen-bond acceptors (Lipinski definition) is 2. The number of aromatic nitrogens is 2. The minimum absolute atomic E-state index is 0.204. The van der Waals surface area contributed by atoms with Crippen molar-refractivity contribution in [3.63, 3.8) is 0 Å². The van der Waals surface area contributed by atoms with Gasteiger partial charge in [0.15, 0.2) is 5.82 Å². The Bertz CT molecular complexity index is 649. The summed E-state index contributed by atoms with van der Waals surface area (Å²) in [7, 11) is 0. The molecule has 0 aliphatic heterocycles. The molecule has 0 bridgehead atoms. The Hall–Kier alpha value is -0.520. The summed E-state index contributed by atoms with van der Waals surface area (Å²) in [5, 5.41) is 0.320. The molecule has 6 heteroatoms. The fourth-order valence-electron chi connectivity index (χ4n) is 1.73. The van der Waals surface area contributed by atoms with Crippen LogP contribution in [0.1, 0.15) is 26.5 Å². The number of benzene rings is 1. The smallest absolute Gasteiger partial charge is 0.161 e. The molecule has 0 fully saturated rings. The molecule has 0 spiro atoms. The summed E-state index contributed by atoms with van der Waals surface area (Å²) in [6.07, 6.45) is 0. The first kappa shape index (κ1) is 15.9. The van der Waals surface area contributed by atoms with Gasteiger partial charge < -0.3 is 0 Å². The third-order valence-electron chi connectivity index (χ3n) is 2.64. The predicted octanol–water partition coefficient (Wildman–Crippen LogP) is 5.76. The van der Waals surface area contributed by atoms with Crippen LogP contribution in [0.3, 0.4) is 0 Å². The van der Waals surface area contributed by atoms with Crippen molar-refractivity contribution in [1.29, 1.82) is 0 Å². The van der Waals surface area contributed by atoms with E-state index in [9.17, 15) is 4.39 Å². The van der Waals surface area contributed by atoms with Gasteiger partial charge >= 0.3 is 0 Å². The number of nitrogens with zero attached hydrogens (tertiary/aromatic N) is 2. The lowest BCUT2D eigenvalue weighted by molar-refractivity contribution is 0.564. The summed E-state index contributed by atoms with van der Waals surface area (Å²) >= 11 is 12.8. The van der Waals surface area contributed by atoms with E-state index in [1.807, 2.05) is 20.8 Å². The van der Waals surface area contributed by atoms with Crippen LogP contribution in [0.5, 0.6) is 0 Å². The van der Waals surface area contributed by atoms with Crippen LogP contribution in [0.25, 0.3) is 11.4 Å². The van der Waals surface area contributed by atoms with Crippen LogP contribution in [0.2, 0.25) is 5.15 Å². The van der Waals surface area contributed by atoms with Gasteiger partial charge in [-0.3, -0.25) is 0 Å². The summed E-state index contributed by atoms with van der Waals surface area (Å²) in [4.78, 5) is 8.75. The molecule has 1 aromatic carbocycles. The molecule has 0 N–H and O–H groups in total. The first-order chi connectivity index (χ1) is 9.18. The Morgan fingerprint density at radius 3 is 2.30 bits per heavy atom. The second-order valence-electron chi connectivity index (χ2n) is 5.41. The summed E-state index contributed by atoms with van der Waals surface area (Å²) in [6, 6.07) is 4.53. The van der Waals surface area contributed by atoms with E-state index in [4.69, 9.17) is 11.6 Å². The van der Waals surface area contributed by atoms with Crippen molar-refractivity contribution >= 4 is 43.5 Å². The maximum Gasteiger partial charge on any atom is 0.161 e. The number of hydrogen-bond donors (Lipinski definition) is 0. The highest BCUT2D eigenvalue weighted by molar-refractivity contribution is 9.10. The van der Waals surface area contributed by atoms with Crippen LogP contribution in [0.4, 0.5) is 4.39 Å². The van der Waals surface area contributed by atoms with E-state index in [2.05, 4.69) is 41.8 Å². The maximum atomic E-state index is 13.5. The fraction of sp³-hybridized carbons (Fsp3) is 0.286. The van der Waals surface area contributed by atoms with Gasteiger partial charge in [0.1, 0.15) is 11.0 Å². The van der Waals surface area contributed by atoms with Gasteiger partial charge in [0, 0.05) is 15.5 Å². The number of halogens is 4. The SMILES string of the molecule is CC(C)(C)c1nc(-c2cc(F)cc(Br)c2)nc(Cl)c1Br.